The van der Waals surface area contributed by atoms with Gasteiger partial charge in [0.1, 0.15) is 0 Å². The molecule has 154 valence electrons. The lowest BCUT2D eigenvalue weighted by molar-refractivity contribution is -0.126. The van der Waals surface area contributed by atoms with Crippen molar-refractivity contribution < 1.29 is 13.2 Å². The molecular weight excluding hydrogens is 454 g/mol. The van der Waals surface area contributed by atoms with E-state index in [1.807, 2.05) is 38.1 Å². The highest BCUT2D eigenvalue weighted by molar-refractivity contribution is 9.10. The third-order valence-corrected chi connectivity index (χ3v) is 7.52. The van der Waals surface area contributed by atoms with Crippen LogP contribution in [0.25, 0.3) is 0 Å². The normalized spacial score (nSPS) is 16.6. The van der Waals surface area contributed by atoms with Gasteiger partial charge in [0.25, 0.3) is 0 Å². The van der Waals surface area contributed by atoms with Crippen molar-refractivity contribution in [1.82, 2.24) is 9.73 Å². The molecule has 0 aromatic heterocycles. The molecule has 8 heteroatoms. The third kappa shape index (κ3) is 5.32. The van der Waals surface area contributed by atoms with E-state index in [9.17, 15) is 13.2 Å². The molecule has 0 bridgehead atoms. The van der Waals surface area contributed by atoms with Crippen LogP contribution in [-0.2, 0) is 14.8 Å². The zero-order valence-electron chi connectivity index (χ0n) is 16.4. The lowest BCUT2D eigenvalue weighted by Crippen LogP contribution is -2.42. The molecule has 0 saturated carbocycles. The summed E-state index contributed by atoms with van der Waals surface area (Å²) in [5, 5.41) is 4.19. The van der Waals surface area contributed by atoms with Crippen LogP contribution in [-0.4, -0.2) is 37.4 Å². The Balaban J connectivity index is 1.57. The average molecular weight is 478 g/mol. The summed E-state index contributed by atoms with van der Waals surface area (Å²) in [4.78, 5) is 12.8. The van der Waals surface area contributed by atoms with Crippen LogP contribution < -0.4 is 5.43 Å². The number of nitrogens with zero attached hydrogens (tertiary/aromatic N) is 2. The van der Waals surface area contributed by atoms with Gasteiger partial charge >= 0.3 is 0 Å². The van der Waals surface area contributed by atoms with E-state index in [4.69, 9.17) is 0 Å². The summed E-state index contributed by atoms with van der Waals surface area (Å²) in [5.74, 6) is -0.421. The molecule has 1 heterocycles. The summed E-state index contributed by atoms with van der Waals surface area (Å²) in [6.07, 6.45) is 0.952. The Bertz CT molecular complexity index is 994. The number of halogens is 1. The highest BCUT2D eigenvalue weighted by Crippen LogP contribution is 2.24. The van der Waals surface area contributed by atoms with Crippen LogP contribution in [0.5, 0.6) is 0 Å². The topological polar surface area (TPSA) is 78.8 Å². The maximum atomic E-state index is 12.8. The fourth-order valence-electron chi connectivity index (χ4n) is 3.20. The van der Waals surface area contributed by atoms with Crippen LogP contribution in [0.1, 0.15) is 30.9 Å². The van der Waals surface area contributed by atoms with Gasteiger partial charge in [0.05, 0.1) is 10.6 Å². The van der Waals surface area contributed by atoms with Gasteiger partial charge in [-0.2, -0.15) is 9.41 Å². The summed E-state index contributed by atoms with van der Waals surface area (Å²) in [6.45, 7) is 4.40. The number of hydrogen-bond acceptors (Lipinski definition) is 4. The molecule has 0 atom stereocenters. The zero-order chi connectivity index (χ0) is 21.0. The van der Waals surface area contributed by atoms with Gasteiger partial charge in [-0.05, 0) is 56.5 Å². The number of rotatable bonds is 5. The molecule has 1 N–H and O–H groups in total. The summed E-state index contributed by atoms with van der Waals surface area (Å²) in [7, 11) is -3.52. The Morgan fingerprint density at radius 1 is 1.07 bits per heavy atom. The molecule has 1 saturated heterocycles. The molecule has 1 aliphatic rings. The second-order valence-corrected chi connectivity index (χ2v) is 10.0. The van der Waals surface area contributed by atoms with Crippen LogP contribution in [0.15, 0.2) is 63.0 Å². The van der Waals surface area contributed by atoms with Crippen molar-refractivity contribution in [2.75, 3.05) is 13.1 Å². The summed E-state index contributed by atoms with van der Waals surface area (Å²) >= 11 is 3.39. The number of piperidine rings is 1. The molecule has 1 fully saturated rings. The maximum absolute atomic E-state index is 12.8. The molecule has 2 aromatic rings. The summed E-state index contributed by atoms with van der Waals surface area (Å²) in [6, 6.07) is 14.5. The minimum Gasteiger partial charge on any atom is -0.273 e. The van der Waals surface area contributed by atoms with Gasteiger partial charge in [-0.3, -0.25) is 4.79 Å². The van der Waals surface area contributed by atoms with Crippen molar-refractivity contribution in [2.24, 2.45) is 11.0 Å². The SMILES string of the molecule is C/C(=N\NC(=O)C1CCN(S(=O)(=O)c2ccc(C)cc2)CC1)c1ccc(Br)cc1. The zero-order valence-corrected chi connectivity index (χ0v) is 18.8. The highest BCUT2D eigenvalue weighted by atomic mass is 79.9. The van der Waals surface area contributed by atoms with Crippen LogP contribution >= 0.6 is 15.9 Å². The van der Waals surface area contributed by atoms with E-state index in [1.54, 1.807) is 24.3 Å². The number of hydrazone groups is 1. The predicted octanol–water partition coefficient (Wildman–Crippen LogP) is 3.70. The molecule has 0 spiro atoms. The number of aryl methyl sites for hydroxylation is 1. The molecule has 29 heavy (non-hydrogen) atoms. The monoisotopic (exact) mass is 477 g/mol. The van der Waals surface area contributed by atoms with E-state index in [1.165, 1.54) is 4.31 Å². The van der Waals surface area contributed by atoms with Crippen molar-refractivity contribution in [1.29, 1.82) is 0 Å². The second-order valence-electron chi connectivity index (χ2n) is 7.17. The van der Waals surface area contributed by atoms with Gasteiger partial charge in [-0.15, -0.1) is 0 Å². The van der Waals surface area contributed by atoms with E-state index < -0.39 is 10.0 Å². The van der Waals surface area contributed by atoms with E-state index in [-0.39, 0.29) is 11.8 Å². The standard InChI is InChI=1S/C21H24BrN3O3S/c1-15-3-9-20(10-4-15)29(27,28)25-13-11-18(12-14-25)21(26)24-23-16(2)17-5-7-19(22)8-6-17/h3-10,18H,11-14H2,1-2H3,(H,24,26)/b23-16+. The molecule has 0 aliphatic carbocycles. The first-order chi connectivity index (χ1) is 13.8. The largest absolute Gasteiger partial charge is 0.273 e. The maximum Gasteiger partial charge on any atom is 0.243 e. The van der Waals surface area contributed by atoms with Crippen molar-refractivity contribution in [2.45, 2.75) is 31.6 Å². The smallest absolute Gasteiger partial charge is 0.243 e. The molecule has 0 radical (unpaired) electrons. The minimum absolute atomic E-state index is 0.172. The fourth-order valence-corrected chi connectivity index (χ4v) is 4.94. The number of benzene rings is 2. The summed E-state index contributed by atoms with van der Waals surface area (Å²) in [5.41, 5.74) is 5.28. The fraction of sp³-hybridized carbons (Fsp3) is 0.333. The molecule has 1 amide bonds. The van der Waals surface area contributed by atoms with Gasteiger partial charge in [0.2, 0.25) is 15.9 Å². The first kappa shape index (κ1) is 21.7. The van der Waals surface area contributed by atoms with Crippen LogP contribution in [0.4, 0.5) is 0 Å². The Morgan fingerprint density at radius 3 is 2.24 bits per heavy atom. The lowest BCUT2D eigenvalue weighted by atomic mass is 9.98. The Morgan fingerprint density at radius 2 is 1.66 bits per heavy atom. The van der Waals surface area contributed by atoms with Gasteiger partial charge in [-0.25, -0.2) is 13.8 Å². The second kappa shape index (κ2) is 9.19. The third-order valence-electron chi connectivity index (χ3n) is 5.08. The molecule has 1 aliphatic heterocycles. The van der Waals surface area contributed by atoms with Crippen LogP contribution in [0.2, 0.25) is 0 Å². The van der Waals surface area contributed by atoms with E-state index >= 15 is 0 Å². The van der Waals surface area contributed by atoms with Gasteiger partial charge in [-0.1, -0.05) is 45.8 Å². The van der Waals surface area contributed by atoms with Gasteiger partial charge in [0.15, 0.2) is 0 Å². The summed E-state index contributed by atoms with van der Waals surface area (Å²) < 4.78 is 28.0. The molecular formula is C21H24BrN3O3S. The first-order valence-corrected chi connectivity index (χ1v) is 11.7. The van der Waals surface area contributed by atoms with E-state index in [2.05, 4.69) is 26.5 Å². The predicted molar refractivity (Wildman–Crippen MR) is 117 cm³/mol. The van der Waals surface area contributed by atoms with Gasteiger partial charge < -0.3 is 0 Å². The molecule has 2 aromatic carbocycles. The molecule has 3 rings (SSSR count). The van der Waals surface area contributed by atoms with E-state index in [0.717, 1.165) is 15.6 Å². The van der Waals surface area contributed by atoms with Gasteiger partial charge in [0, 0.05) is 23.5 Å². The Labute approximate surface area is 180 Å². The Hall–Kier alpha value is -2.03. The number of nitrogens with one attached hydrogen (secondary N) is 1. The average Bonchev–Trinajstić information content (AvgIpc) is 2.72. The highest BCUT2D eigenvalue weighted by Gasteiger charge is 2.32. The first-order valence-electron chi connectivity index (χ1n) is 9.44. The van der Waals surface area contributed by atoms with E-state index in [0.29, 0.717) is 36.5 Å². The number of amides is 1. The number of carbonyl (C=O) groups is 1. The van der Waals surface area contributed by atoms with Crippen LogP contribution in [0, 0.1) is 12.8 Å². The van der Waals surface area contributed by atoms with Crippen LogP contribution in [0.3, 0.4) is 0 Å². The number of sulfonamides is 1. The number of hydrogen-bond donors (Lipinski definition) is 1. The Kier molecular flexibility index (Phi) is 6.87. The van der Waals surface area contributed by atoms with Crippen molar-refractivity contribution in [3.63, 3.8) is 0 Å². The number of carbonyl (C=O) groups excluding carboxylic acids is 1. The quantitative estimate of drug-likeness (QED) is 0.526. The van der Waals surface area contributed by atoms with Crippen molar-refractivity contribution in [3.05, 3.63) is 64.1 Å². The van der Waals surface area contributed by atoms with Crippen molar-refractivity contribution in [3.8, 4) is 0 Å². The lowest BCUT2D eigenvalue weighted by Gasteiger charge is -2.30. The molecule has 0 unspecified atom stereocenters. The minimum atomic E-state index is -3.52. The van der Waals surface area contributed by atoms with Crippen molar-refractivity contribution >= 4 is 37.6 Å². The molecule has 6 nitrogen and oxygen atoms in total.